The molecule has 10 heteroatoms. The Bertz CT molecular complexity index is 1500. The molecule has 0 radical (unpaired) electrons. The van der Waals surface area contributed by atoms with Gasteiger partial charge in [0.05, 0.1) is 34.0 Å². The van der Waals surface area contributed by atoms with Gasteiger partial charge in [0.25, 0.3) is 0 Å². The first kappa shape index (κ1) is 18.8. The predicted octanol–water partition coefficient (Wildman–Crippen LogP) is 3.93. The number of nitrogens with two attached hydrogens (primary N) is 1. The third-order valence-corrected chi connectivity index (χ3v) is 4.94. The zero-order valence-electron chi connectivity index (χ0n) is 15.7. The first-order valence-corrected chi connectivity index (χ1v) is 9.10. The van der Waals surface area contributed by atoms with Gasteiger partial charge in [0.1, 0.15) is 0 Å². The summed E-state index contributed by atoms with van der Waals surface area (Å²) in [5, 5.41) is 0.586. The molecule has 0 bridgehead atoms. The molecule has 0 aliphatic rings. The molecule has 31 heavy (non-hydrogen) atoms. The van der Waals surface area contributed by atoms with E-state index in [0.717, 1.165) is 17.7 Å². The number of aromatic nitrogens is 5. The van der Waals surface area contributed by atoms with Gasteiger partial charge in [-0.25, -0.2) is 14.8 Å². The van der Waals surface area contributed by atoms with Gasteiger partial charge in [0.2, 0.25) is 5.95 Å². The van der Waals surface area contributed by atoms with E-state index in [-0.39, 0.29) is 11.6 Å². The fourth-order valence-electron chi connectivity index (χ4n) is 3.52. The number of halogens is 3. The molecular weight excluding hydrogens is 409 g/mol. The second-order valence-electron chi connectivity index (χ2n) is 6.90. The fraction of sp³-hybridized carbons (Fsp3) is 0.0476. The molecule has 0 saturated heterocycles. The van der Waals surface area contributed by atoms with Crippen LogP contribution in [0.4, 0.5) is 19.1 Å². The lowest BCUT2D eigenvalue weighted by atomic mass is 10.1. The third-order valence-electron chi connectivity index (χ3n) is 4.94. The number of alkyl halides is 3. The molecule has 3 aromatic heterocycles. The largest absolute Gasteiger partial charge is 0.416 e. The Labute approximate surface area is 172 Å². The Morgan fingerprint density at radius 3 is 2.45 bits per heavy atom. The van der Waals surface area contributed by atoms with Crippen molar-refractivity contribution in [3.8, 4) is 16.8 Å². The number of H-pyrrole nitrogens is 1. The fourth-order valence-corrected chi connectivity index (χ4v) is 3.52. The maximum absolute atomic E-state index is 13.2. The minimum absolute atomic E-state index is 0.0970. The number of aromatic amines is 1. The number of nitrogens with zero attached hydrogens (tertiary/aromatic N) is 4. The first-order chi connectivity index (χ1) is 14.8. The number of nitrogens with one attached hydrogen (secondary N) is 1. The van der Waals surface area contributed by atoms with Crippen LogP contribution in [0.5, 0.6) is 0 Å². The van der Waals surface area contributed by atoms with Crippen LogP contribution in [0.1, 0.15) is 5.56 Å². The summed E-state index contributed by atoms with van der Waals surface area (Å²) in [5.41, 5.74) is 7.07. The number of rotatable bonds is 2. The number of imidazole rings is 1. The van der Waals surface area contributed by atoms with Crippen LogP contribution in [0.25, 0.3) is 38.8 Å². The normalized spacial score (nSPS) is 12.0. The molecule has 154 valence electrons. The summed E-state index contributed by atoms with van der Waals surface area (Å²) in [7, 11) is 0. The van der Waals surface area contributed by atoms with Crippen molar-refractivity contribution in [2.24, 2.45) is 0 Å². The average molecular weight is 422 g/mol. The topological polar surface area (TPSA) is 102 Å². The summed E-state index contributed by atoms with van der Waals surface area (Å²) in [6.07, 6.45) is 0.0784. The van der Waals surface area contributed by atoms with E-state index in [0.29, 0.717) is 27.5 Å². The van der Waals surface area contributed by atoms with Crippen LogP contribution in [0.15, 0.2) is 65.8 Å². The number of pyridine rings is 1. The molecular formula is C21H13F3N6O. The molecule has 5 rings (SSSR count). The monoisotopic (exact) mass is 422 g/mol. The van der Waals surface area contributed by atoms with Crippen LogP contribution in [0, 0.1) is 0 Å². The predicted molar refractivity (Wildman–Crippen MR) is 110 cm³/mol. The van der Waals surface area contributed by atoms with Crippen molar-refractivity contribution in [2.75, 3.05) is 5.73 Å². The Hall–Kier alpha value is -4.21. The number of hydrogen-bond donors (Lipinski definition) is 2. The molecule has 0 amide bonds. The Morgan fingerprint density at radius 2 is 1.71 bits per heavy atom. The van der Waals surface area contributed by atoms with Crippen molar-refractivity contribution in [1.82, 2.24) is 24.5 Å². The van der Waals surface area contributed by atoms with Crippen molar-refractivity contribution in [3.05, 3.63) is 77.1 Å². The Balaban J connectivity index is 1.80. The van der Waals surface area contributed by atoms with Crippen LogP contribution < -0.4 is 11.4 Å². The quantitative estimate of drug-likeness (QED) is 0.449. The maximum Gasteiger partial charge on any atom is 0.416 e. The highest BCUT2D eigenvalue weighted by atomic mass is 19.4. The minimum Gasteiger partial charge on any atom is -0.368 e. The molecule has 2 aromatic carbocycles. The van der Waals surface area contributed by atoms with Crippen molar-refractivity contribution in [3.63, 3.8) is 0 Å². The standard InChI is InChI=1S/C21H13F3N6O/c22-21(23,24)13-2-1-3-14(7-13)30-18-15-6-11(12-8-27-19(25)28-9-12)4-5-16(15)26-10-17(18)29-20(30)31/h1-10H,(H,29,31)(H2,25,27,28). The van der Waals surface area contributed by atoms with Gasteiger partial charge in [0.15, 0.2) is 0 Å². The lowest BCUT2D eigenvalue weighted by molar-refractivity contribution is -0.137. The van der Waals surface area contributed by atoms with Crippen molar-refractivity contribution >= 4 is 27.9 Å². The van der Waals surface area contributed by atoms with Gasteiger partial charge in [0, 0.05) is 23.3 Å². The first-order valence-electron chi connectivity index (χ1n) is 9.10. The van der Waals surface area contributed by atoms with Crippen molar-refractivity contribution in [2.45, 2.75) is 6.18 Å². The van der Waals surface area contributed by atoms with Gasteiger partial charge in [-0.15, -0.1) is 0 Å². The second kappa shape index (κ2) is 6.66. The summed E-state index contributed by atoms with van der Waals surface area (Å²) in [6.45, 7) is 0. The Morgan fingerprint density at radius 1 is 0.935 bits per heavy atom. The van der Waals surface area contributed by atoms with Crippen LogP contribution >= 0.6 is 0 Å². The van der Waals surface area contributed by atoms with E-state index in [2.05, 4.69) is 19.9 Å². The number of nitrogen functional groups attached to an aromatic ring is 1. The minimum atomic E-state index is -4.53. The van der Waals surface area contributed by atoms with E-state index in [1.807, 2.05) is 6.07 Å². The molecule has 3 N–H and O–H groups in total. The van der Waals surface area contributed by atoms with Crippen molar-refractivity contribution < 1.29 is 13.2 Å². The highest BCUT2D eigenvalue weighted by Crippen LogP contribution is 2.32. The number of hydrogen-bond acceptors (Lipinski definition) is 5. The molecule has 0 unspecified atom stereocenters. The van der Waals surface area contributed by atoms with Gasteiger partial charge < -0.3 is 10.7 Å². The lowest BCUT2D eigenvalue weighted by Crippen LogP contribution is -2.15. The molecule has 0 spiro atoms. The van der Waals surface area contributed by atoms with E-state index >= 15 is 0 Å². The average Bonchev–Trinajstić information content (AvgIpc) is 3.10. The highest BCUT2D eigenvalue weighted by Gasteiger charge is 2.30. The molecule has 0 saturated carbocycles. The summed E-state index contributed by atoms with van der Waals surface area (Å²) in [4.78, 5) is 27.7. The number of benzene rings is 2. The molecule has 5 aromatic rings. The second-order valence-corrected chi connectivity index (χ2v) is 6.90. The van der Waals surface area contributed by atoms with E-state index in [4.69, 9.17) is 5.73 Å². The number of fused-ring (bicyclic) bond motifs is 3. The van der Waals surface area contributed by atoms with E-state index in [1.54, 1.807) is 24.5 Å². The van der Waals surface area contributed by atoms with Crippen LogP contribution in [-0.4, -0.2) is 24.5 Å². The van der Waals surface area contributed by atoms with Gasteiger partial charge >= 0.3 is 11.9 Å². The number of anilines is 1. The molecule has 0 fully saturated rings. The lowest BCUT2D eigenvalue weighted by Gasteiger charge is -2.11. The summed E-state index contributed by atoms with van der Waals surface area (Å²) < 4.78 is 40.9. The zero-order chi connectivity index (χ0) is 21.8. The Kier molecular flexibility index (Phi) is 4.04. The van der Waals surface area contributed by atoms with Gasteiger partial charge in [-0.05, 0) is 35.9 Å². The molecule has 3 heterocycles. The smallest absolute Gasteiger partial charge is 0.368 e. The van der Waals surface area contributed by atoms with E-state index in [1.165, 1.54) is 22.9 Å². The van der Waals surface area contributed by atoms with E-state index in [9.17, 15) is 18.0 Å². The highest BCUT2D eigenvalue weighted by molar-refractivity contribution is 6.04. The third kappa shape index (κ3) is 3.18. The summed E-state index contributed by atoms with van der Waals surface area (Å²) >= 11 is 0. The molecule has 0 aliphatic heterocycles. The van der Waals surface area contributed by atoms with Gasteiger partial charge in [-0.2, -0.15) is 13.2 Å². The maximum atomic E-state index is 13.2. The molecule has 0 atom stereocenters. The van der Waals surface area contributed by atoms with E-state index < -0.39 is 17.4 Å². The zero-order valence-corrected chi connectivity index (χ0v) is 15.7. The van der Waals surface area contributed by atoms with Gasteiger partial charge in [-0.3, -0.25) is 9.55 Å². The van der Waals surface area contributed by atoms with Crippen LogP contribution in [-0.2, 0) is 6.18 Å². The van der Waals surface area contributed by atoms with Crippen molar-refractivity contribution in [1.29, 1.82) is 0 Å². The molecule has 7 nitrogen and oxygen atoms in total. The summed E-state index contributed by atoms with van der Waals surface area (Å²) in [5.74, 6) is 0.137. The molecule has 0 aliphatic carbocycles. The van der Waals surface area contributed by atoms with Crippen LogP contribution in [0.3, 0.4) is 0 Å². The summed E-state index contributed by atoms with van der Waals surface area (Å²) in [6, 6.07) is 9.99. The SMILES string of the molecule is Nc1ncc(-c2ccc3ncc4[nH]c(=O)n(-c5cccc(C(F)(F)F)c5)c4c3c2)cn1. The van der Waals surface area contributed by atoms with Crippen LogP contribution in [0.2, 0.25) is 0 Å². The van der Waals surface area contributed by atoms with Gasteiger partial charge in [-0.1, -0.05) is 12.1 Å².